The summed E-state index contributed by atoms with van der Waals surface area (Å²) in [4.78, 5) is 25.6. The van der Waals surface area contributed by atoms with E-state index in [9.17, 15) is 4.79 Å². The van der Waals surface area contributed by atoms with Gasteiger partial charge in [-0.25, -0.2) is 4.99 Å². The lowest BCUT2D eigenvalue weighted by molar-refractivity contribution is -0.133. The minimum Gasteiger partial charge on any atom is -0.346 e. The molecule has 0 aromatic carbocycles. The summed E-state index contributed by atoms with van der Waals surface area (Å²) in [5, 5.41) is 0. The molecule has 0 atom stereocenters. The Bertz CT molecular complexity index is 386. The molecule has 98 valence electrons. The van der Waals surface area contributed by atoms with Gasteiger partial charge in [-0.15, -0.1) is 0 Å². The number of likely N-dealkylation sites (N-methyl/N-ethyl adjacent to an activating group) is 1. The van der Waals surface area contributed by atoms with Crippen LogP contribution in [0.4, 0.5) is 0 Å². The molecule has 0 N–H and O–H groups in total. The molecule has 0 bridgehead atoms. The van der Waals surface area contributed by atoms with Crippen LogP contribution >= 0.6 is 0 Å². The Balaban J connectivity index is 2.02. The number of amides is 1. The minimum atomic E-state index is 0.126. The van der Waals surface area contributed by atoms with E-state index in [-0.39, 0.29) is 5.91 Å². The van der Waals surface area contributed by atoms with Crippen molar-refractivity contribution >= 4 is 19.0 Å². The second-order valence-corrected chi connectivity index (χ2v) is 4.53. The molecule has 6 heteroatoms. The van der Waals surface area contributed by atoms with Crippen molar-refractivity contribution in [3.63, 3.8) is 0 Å². The third-order valence-corrected chi connectivity index (χ3v) is 3.12. The average Bonchev–Trinajstić information content (AvgIpc) is 3.17. The molecule has 2 aliphatic rings. The number of nitrogens with zero attached hydrogens (tertiary/aromatic N) is 5. The van der Waals surface area contributed by atoms with Crippen molar-refractivity contribution < 1.29 is 4.79 Å². The summed E-state index contributed by atoms with van der Waals surface area (Å²) in [6.45, 7) is 8.48. The van der Waals surface area contributed by atoms with Gasteiger partial charge in [0, 0.05) is 39.8 Å². The fourth-order valence-electron chi connectivity index (χ4n) is 1.78. The molecule has 1 amide bonds. The lowest BCUT2D eigenvalue weighted by Crippen LogP contribution is -2.47. The largest absolute Gasteiger partial charge is 0.346 e. The predicted molar refractivity (Wildman–Crippen MR) is 71.8 cm³/mol. The van der Waals surface area contributed by atoms with E-state index in [0.29, 0.717) is 6.54 Å². The molecule has 18 heavy (non-hydrogen) atoms. The van der Waals surface area contributed by atoms with Crippen molar-refractivity contribution in [1.29, 1.82) is 0 Å². The quantitative estimate of drug-likeness (QED) is 0.380. The van der Waals surface area contributed by atoms with Crippen LogP contribution in [0.25, 0.3) is 0 Å². The van der Waals surface area contributed by atoms with E-state index in [1.807, 2.05) is 18.0 Å². The first-order chi connectivity index (χ1) is 8.70. The van der Waals surface area contributed by atoms with Gasteiger partial charge < -0.3 is 9.80 Å². The highest BCUT2D eigenvalue weighted by Crippen LogP contribution is 2.12. The topological polar surface area (TPSA) is 51.3 Å². The van der Waals surface area contributed by atoms with Gasteiger partial charge in [0.1, 0.15) is 12.2 Å². The van der Waals surface area contributed by atoms with Crippen LogP contribution < -0.4 is 0 Å². The summed E-state index contributed by atoms with van der Waals surface area (Å²) >= 11 is 0. The minimum absolute atomic E-state index is 0.126. The summed E-state index contributed by atoms with van der Waals surface area (Å²) in [5.74, 6) is 0.941. The first-order valence-corrected chi connectivity index (χ1v) is 6.10. The van der Waals surface area contributed by atoms with Crippen LogP contribution in [0.2, 0.25) is 0 Å². The van der Waals surface area contributed by atoms with Crippen LogP contribution in [0, 0.1) is 0 Å². The van der Waals surface area contributed by atoms with Gasteiger partial charge in [-0.05, 0) is 12.8 Å². The van der Waals surface area contributed by atoms with Gasteiger partial charge in [-0.3, -0.25) is 14.7 Å². The summed E-state index contributed by atoms with van der Waals surface area (Å²) in [6, 6.07) is 0. The average molecular weight is 249 g/mol. The van der Waals surface area contributed by atoms with Gasteiger partial charge in [-0.2, -0.15) is 0 Å². The molecule has 2 rings (SSSR count). The molecule has 6 nitrogen and oxygen atoms in total. The van der Waals surface area contributed by atoms with Gasteiger partial charge in [0.25, 0.3) is 0 Å². The predicted octanol–water partition coefficient (Wildman–Crippen LogP) is -0.354. The number of carbonyl (C=O) groups excluding carboxylic acids is 1. The molecule has 0 saturated carbocycles. The zero-order chi connectivity index (χ0) is 13.0. The normalized spacial score (nSPS) is 21.8. The summed E-state index contributed by atoms with van der Waals surface area (Å²) in [5.41, 5.74) is 0. The molecular formula is C12H19N5O. The Labute approximate surface area is 107 Å². The van der Waals surface area contributed by atoms with Crippen molar-refractivity contribution in [3.05, 3.63) is 11.9 Å². The van der Waals surface area contributed by atoms with Crippen molar-refractivity contribution in [3.8, 4) is 0 Å². The van der Waals surface area contributed by atoms with Gasteiger partial charge in [0.2, 0.25) is 5.91 Å². The van der Waals surface area contributed by atoms with E-state index < -0.39 is 0 Å². The van der Waals surface area contributed by atoms with E-state index in [1.54, 1.807) is 4.90 Å². The molecule has 0 spiro atoms. The molecule has 0 radical (unpaired) electrons. The second kappa shape index (κ2) is 5.77. The first-order valence-electron chi connectivity index (χ1n) is 6.10. The van der Waals surface area contributed by atoms with E-state index in [1.165, 1.54) is 6.34 Å². The second-order valence-electron chi connectivity index (χ2n) is 4.53. The summed E-state index contributed by atoms with van der Waals surface area (Å²) in [7, 11) is 1.83. The van der Waals surface area contributed by atoms with Crippen LogP contribution in [-0.4, -0.2) is 80.0 Å². The van der Waals surface area contributed by atoms with Gasteiger partial charge >= 0.3 is 0 Å². The van der Waals surface area contributed by atoms with Crippen LogP contribution in [0.5, 0.6) is 0 Å². The smallest absolute Gasteiger partial charge is 0.241 e. The van der Waals surface area contributed by atoms with Crippen LogP contribution in [0.15, 0.2) is 21.9 Å². The number of carbonyl (C=O) groups is 1. The number of rotatable bonds is 5. The van der Waals surface area contributed by atoms with Gasteiger partial charge in [-0.1, -0.05) is 0 Å². The molecule has 0 aromatic rings. The zero-order valence-corrected chi connectivity index (χ0v) is 10.7. The van der Waals surface area contributed by atoms with Crippen molar-refractivity contribution in [2.24, 2.45) is 9.98 Å². The lowest BCUT2D eigenvalue weighted by atomic mass is 10.3. The lowest BCUT2D eigenvalue weighted by Gasteiger charge is -2.33. The molecular weight excluding hydrogens is 230 g/mol. The maximum atomic E-state index is 11.7. The molecule has 0 aromatic heterocycles. The number of hydrogen-bond donors (Lipinski definition) is 0. The van der Waals surface area contributed by atoms with Gasteiger partial charge in [0.05, 0.1) is 6.54 Å². The molecule has 2 saturated heterocycles. The molecule has 0 unspecified atom stereocenters. The van der Waals surface area contributed by atoms with Crippen LogP contribution in [-0.2, 0) is 4.79 Å². The Kier molecular flexibility index (Phi) is 4.09. The maximum absolute atomic E-state index is 11.7. The van der Waals surface area contributed by atoms with E-state index in [0.717, 1.165) is 38.5 Å². The highest BCUT2D eigenvalue weighted by molar-refractivity contribution is 5.79. The highest BCUT2D eigenvalue weighted by Gasteiger charge is 2.23. The monoisotopic (exact) mass is 249 g/mol. The van der Waals surface area contributed by atoms with Crippen molar-refractivity contribution in [1.82, 2.24) is 14.7 Å². The Morgan fingerprint density at radius 1 is 1.39 bits per heavy atom. The third-order valence-electron chi connectivity index (χ3n) is 3.12. The summed E-state index contributed by atoms with van der Waals surface area (Å²) in [6.07, 6.45) is 3.48. The Hall–Kier alpha value is -1.69. The Morgan fingerprint density at radius 3 is 2.78 bits per heavy atom. The Morgan fingerprint density at radius 2 is 2.17 bits per heavy atom. The van der Waals surface area contributed by atoms with E-state index >= 15 is 0 Å². The first kappa shape index (κ1) is 12.8. The standard InChI is InChI=1S/C12H19N5O/c1-13-10-14-11(3-4-16-6-7-16)17-8-5-15(2)12(18)9-17/h3,10H,1,4-9H2,2H3/b11-3+,14-10-. The third kappa shape index (κ3) is 3.40. The molecule has 0 aliphatic carbocycles. The molecule has 2 aliphatic heterocycles. The van der Waals surface area contributed by atoms with Gasteiger partial charge in [0.15, 0.2) is 0 Å². The van der Waals surface area contributed by atoms with Crippen LogP contribution in [0.1, 0.15) is 0 Å². The van der Waals surface area contributed by atoms with Crippen molar-refractivity contribution in [2.45, 2.75) is 0 Å². The number of hydrogen-bond acceptors (Lipinski definition) is 4. The maximum Gasteiger partial charge on any atom is 0.241 e. The SMILES string of the molecule is C=N/C=N\C(=C/CN1CC1)N1CCN(C)C(=O)C1. The fourth-order valence-corrected chi connectivity index (χ4v) is 1.78. The summed E-state index contributed by atoms with van der Waals surface area (Å²) < 4.78 is 0. The molecule has 2 heterocycles. The highest BCUT2D eigenvalue weighted by atomic mass is 16.2. The van der Waals surface area contributed by atoms with E-state index in [4.69, 9.17) is 0 Å². The fraction of sp³-hybridized carbons (Fsp3) is 0.583. The number of aliphatic imine (C=N–C) groups is 2. The zero-order valence-electron chi connectivity index (χ0n) is 10.7. The van der Waals surface area contributed by atoms with Crippen molar-refractivity contribution in [2.75, 3.05) is 46.3 Å². The number of piperazine rings is 1. The van der Waals surface area contributed by atoms with E-state index in [2.05, 4.69) is 21.6 Å². The molecule has 2 fully saturated rings. The van der Waals surface area contributed by atoms with Crippen LogP contribution in [0.3, 0.4) is 0 Å².